The number of carboxylic acid groups (broad SMARTS) is 1. The van der Waals surface area contributed by atoms with Gasteiger partial charge in [-0.3, -0.25) is 14.4 Å². The average molecular weight is 330 g/mol. The normalized spacial score (nSPS) is 18.3. The third kappa shape index (κ3) is 3.00. The molecule has 1 aromatic rings. The van der Waals surface area contributed by atoms with Crippen LogP contribution in [0, 0.1) is 5.41 Å². The number of carboxylic acids is 1. The van der Waals surface area contributed by atoms with Gasteiger partial charge in [-0.1, -0.05) is 12.8 Å². The molecule has 1 aliphatic heterocycles. The zero-order valence-corrected chi connectivity index (χ0v) is 13.8. The molecular formula is C18H22N2O4. The Labute approximate surface area is 140 Å². The second-order valence-corrected chi connectivity index (χ2v) is 6.78. The number of hydrogen-bond acceptors (Lipinski definition) is 3. The summed E-state index contributed by atoms with van der Waals surface area (Å²) in [6, 6.07) is 5.47. The van der Waals surface area contributed by atoms with E-state index in [1.807, 2.05) is 12.1 Å². The van der Waals surface area contributed by atoms with E-state index in [1.54, 1.807) is 11.0 Å². The van der Waals surface area contributed by atoms with Crippen molar-refractivity contribution in [1.29, 1.82) is 0 Å². The van der Waals surface area contributed by atoms with E-state index >= 15 is 0 Å². The number of rotatable bonds is 4. The van der Waals surface area contributed by atoms with Crippen molar-refractivity contribution in [1.82, 2.24) is 0 Å². The number of amides is 2. The minimum Gasteiger partial charge on any atom is -0.481 e. The quantitative estimate of drug-likeness (QED) is 0.888. The van der Waals surface area contributed by atoms with E-state index in [1.165, 1.54) is 6.92 Å². The predicted molar refractivity (Wildman–Crippen MR) is 90.0 cm³/mol. The fourth-order valence-corrected chi connectivity index (χ4v) is 3.84. The first-order valence-electron chi connectivity index (χ1n) is 8.36. The van der Waals surface area contributed by atoms with Crippen molar-refractivity contribution in [2.45, 2.75) is 45.4 Å². The van der Waals surface area contributed by atoms with Gasteiger partial charge in [0.15, 0.2) is 0 Å². The molecule has 1 fully saturated rings. The molecule has 0 aromatic heterocycles. The number of nitrogens with zero attached hydrogens (tertiary/aromatic N) is 1. The molecule has 0 atom stereocenters. The first kappa shape index (κ1) is 16.5. The van der Waals surface area contributed by atoms with Gasteiger partial charge in [-0.2, -0.15) is 0 Å². The van der Waals surface area contributed by atoms with E-state index in [0.29, 0.717) is 25.1 Å². The van der Waals surface area contributed by atoms with Gasteiger partial charge in [0.2, 0.25) is 11.8 Å². The Morgan fingerprint density at radius 2 is 1.96 bits per heavy atom. The zero-order valence-electron chi connectivity index (χ0n) is 13.8. The molecule has 2 aliphatic rings. The van der Waals surface area contributed by atoms with Gasteiger partial charge in [-0.15, -0.1) is 0 Å². The number of carbonyl (C=O) groups excluding carboxylic acids is 2. The Balaban J connectivity index is 1.69. The van der Waals surface area contributed by atoms with Gasteiger partial charge in [0.05, 0.1) is 5.41 Å². The highest BCUT2D eigenvalue weighted by molar-refractivity contribution is 5.96. The van der Waals surface area contributed by atoms with E-state index in [4.69, 9.17) is 0 Å². The lowest BCUT2D eigenvalue weighted by Crippen LogP contribution is -2.32. The number of anilines is 2. The van der Waals surface area contributed by atoms with Crippen LogP contribution < -0.4 is 10.2 Å². The summed E-state index contributed by atoms with van der Waals surface area (Å²) in [6.45, 7) is 2.20. The summed E-state index contributed by atoms with van der Waals surface area (Å²) in [5.74, 6) is -1.13. The van der Waals surface area contributed by atoms with Gasteiger partial charge < -0.3 is 15.3 Å². The van der Waals surface area contributed by atoms with Gasteiger partial charge in [0, 0.05) is 31.3 Å². The third-order valence-corrected chi connectivity index (χ3v) is 5.15. The molecule has 0 unspecified atom stereocenters. The number of benzene rings is 1. The molecule has 2 amide bonds. The van der Waals surface area contributed by atoms with Crippen LogP contribution in [-0.4, -0.2) is 29.4 Å². The second-order valence-electron chi connectivity index (χ2n) is 6.78. The van der Waals surface area contributed by atoms with Crippen LogP contribution in [0.5, 0.6) is 0 Å². The van der Waals surface area contributed by atoms with Crippen molar-refractivity contribution >= 4 is 29.2 Å². The molecule has 24 heavy (non-hydrogen) atoms. The highest BCUT2D eigenvalue weighted by Gasteiger charge is 2.43. The Morgan fingerprint density at radius 1 is 1.25 bits per heavy atom. The molecule has 6 nitrogen and oxygen atoms in total. The lowest BCUT2D eigenvalue weighted by molar-refractivity contribution is -0.150. The summed E-state index contributed by atoms with van der Waals surface area (Å²) >= 11 is 0. The largest absolute Gasteiger partial charge is 0.481 e. The fourth-order valence-electron chi connectivity index (χ4n) is 3.84. The van der Waals surface area contributed by atoms with E-state index in [2.05, 4.69) is 5.32 Å². The maximum Gasteiger partial charge on any atom is 0.310 e. The smallest absolute Gasteiger partial charge is 0.310 e. The first-order valence-corrected chi connectivity index (χ1v) is 8.36. The van der Waals surface area contributed by atoms with Crippen molar-refractivity contribution in [3.8, 4) is 0 Å². The summed E-state index contributed by atoms with van der Waals surface area (Å²) in [5, 5.41) is 12.3. The second kappa shape index (κ2) is 6.26. The Morgan fingerprint density at radius 3 is 2.58 bits per heavy atom. The van der Waals surface area contributed by atoms with E-state index < -0.39 is 11.4 Å². The topological polar surface area (TPSA) is 86.7 Å². The van der Waals surface area contributed by atoms with Crippen LogP contribution in [0.25, 0.3) is 0 Å². The maximum atomic E-state index is 12.3. The number of aliphatic carboxylic acids is 1. The van der Waals surface area contributed by atoms with Crippen LogP contribution in [0.3, 0.4) is 0 Å². The predicted octanol–water partition coefficient (Wildman–Crippen LogP) is 2.57. The number of hydrogen-bond donors (Lipinski definition) is 2. The molecule has 0 spiro atoms. The van der Waals surface area contributed by atoms with Crippen LogP contribution in [0.15, 0.2) is 18.2 Å². The number of fused-ring (bicyclic) bond motifs is 1. The third-order valence-electron chi connectivity index (χ3n) is 5.15. The van der Waals surface area contributed by atoms with Crippen LogP contribution >= 0.6 is 0 Å². The minimum atomic E-state index is -0.910. The van der Waals surface area contributed by atoms with Crippen molar-refractivity contribution in [3.63, 3.8) is 0 Å². The molecule has 0 saturated heterocycles. The summed E-state index contributed by atoms with van der Waals surface area (Å²) in [4.78, 5) is 37.1. The highest BCUT2D eigenvalue weighted by Crippen LogP contribution is 2.41. The van der Waals surface area contributed by atoms with Crippen LogP contribution in [0.2, 0.25) is 0 Å². The molecule has 6 heteroatoms. The summed E-state index contributed by atoms with van der Waals surface area (Å²) in [5.41, 5.74) is 1.66. The van der Waals surface area contributed by atoms with Crippen molar-refractivity contribution < 1.29 is 19.5 Å². The fraction of sp³-hybridized carbons (Fsp3) is 0.500. The van der Waals surface area contributed by atoms with E-state index in [-0.39, 0.29) is 18.2 Å². The molecule has 1 heterocycles. The summed E-state index contributed by atoms with van der Waals surface area (Å²) in [7, 11) is 0. The Bertz CT molecular complexity index is 692. The molecule has 1 aliphatic carbocycles. The van der Waals surface area contributed by atoms with Gasteiger partial charge in [0.25, 0.3) is 0 Å². The first-order chi connectivity index (χ1) is 11.4. The number of carbonyl (C=O) groups is 3. The SMILES string of the molecule is CC(=O)N1CCc2cc(NC(=O)CC3(C(=O)O)CCCC3)ccc21. The van der Waals surface area contributed by atoms with Crippen LogP contribution in [-0.2, 0) is 20.8 Å². The van der Waals surface area contributed by atoms with Gasteiger partial charge in [0.1, 0.15) is 0 Å². The van der Waals surface area contributed by atoms with E-state index in [0.717, 1.165) is 30.5 Å². The zero-order chi connectivity index (χ0) is 17.3. The Kier molecular flexibility index (Phi) is 4.30. The highest BCUT2D eigenvalue weighted by atomic mass is 16.4. The lowest BCUT2D eigenvalue weighted by Gasteiger charge is -2.23. The molecule has 1 aromatic carbocycles. The van der Waals surface area contributed by atoms with Crippen molar-refractivity contribution in [2.24, 2.45) is 5.41 Å². The molecule has 0 bridgehead atoms. The summed E-state index contributed by atoms with van der Waals surface area (Å²) < 4.78 is 0. The molecular weight excluding hydrogens is 308 g/mol. The van der Waals surface area contributed by atoms with Crippen LogP contribution in [0.1, 0.15) is 44.6 Å². The average Bonchev–Trinajstić information content (AvgIpc) is 3.14. The molecule has 2 N–H and O–H groups in total. The monoisotopic (exact) mass is 330 g/mol. The molecule has 1 saturated carbocycles. The van der Waals surface area contributed by atoms with Gasteiger partial charge >= 0.3 is 5.97 Å². The standard InChI is InChI=1S/C18H22N2O4/c1-12(21)20-9-6-13-10-14(4-5-15(13)20)19-16(22)11-18(17(23)24)7-2-3-8-18/h4-5,10H,2-3,6-9,11H2,1H3,(H,19,22)(H,23,24). The van der Waals surface area contributed by atoms with Gasteiger partial charge in [-0.05, 0) is 43.0 Å². The van der Waals surface area contributed by atoms with Gasteiger partial charge in [-0.25, -0.2) is 0 Å². The van der Waals surface area contributed by atoms with Crippen molar-refractivity contribution in [3.05, 3.63) is 23.8 Å². The lowest BCUT2D eigenvalue weighted by atomic mass is 9.82. The Hall–Kier alpha value is -2.37. The summed E-state index contributed by atoms with van der Waals surface area (Å²) in [6.07, 6.45) is 3.62. The maximum absolute atomic E-state index is 12.3. The van der Waals surface area contributed by atoms with Crippen LogP contribution in [0.4, 0.5) is 11.4 Å². The minimum absolute atomic E-state index is 0.00942. The van der Waals surface area contributed by atoms with E-state index in [9.17, 15) is 19.5 Å². The molecule has 3 rings (SSSR count). The van der Waals surface area contributed by atoms with Crippen molar-refractivity contribution in [2.75, 3.05) is 16.8 Å². The molecule has 0 radical (unpaired) electrons. The molecule has 128 valence electrons. The number of nitrogens with one attached hydrogen (secondary N) is 1.